The summed E-state index contributed by atoms with van der Waals surface area (Å²) < 4.78 is 23.4. The van der Waals surface area contributed by atoms with Gasteiger partial charge in [-0.15, -0.1) is 0 Å². The molecule has 0 saturated heterocycles. The van der Waals surface area contributed by atoms with Gasteiger partial charge in [0.2, 0.25) is 5.82 Å². The molecule has 0 unspecified atom stereocenters. The van der Waals surface area contributed by atoms with Crippen LogP contribution in [0.5, 0.6) is 5.75 Å². The molecule has 2 aromatic carbocycles. The van der Waals surface area contributed by atoms with E-state index < -0.39 is 34.4 Å². The fourth-order valence-corrected chi connectivity index (χ4v) is 2.32. The molecule has 1 atom stereocenters. The maximum absolute atomic E-state index is 13.3. The van der Waals surface area contributed by atoms with Crippen molar-refractivity contribution in [2.24, 2.45) is 0 Å². The van der Waals surface area contributed by atoms with Crippen LogP contribution in [0.4, 0.5) is 15.8 Å². The first-order valence-electron chi connectivity index (χ1n) is 8.37. The number of rotatable bonds is 8. The van der Waals surface area contributed by atoms with Gasteiger partial charge in [0, 0.05) is 18.2 Å². The van der Waals surface area contributed by atoms with Crippen LogP contribution in [0.25, 0.3) is 0 Å². The molecule has 1 N–H and O–H groups in total. The van der Waals surface area contributed by atoms with Gasteiger partial charge in [-0.3, -0.25) is 19.7 Å². The maximum Gasteiger partial charge on any atom is 0.306 e. The van der Waals surface area contributed by atoms with Gasteiger partial charge in [0.15, 0.2) is 6.10 Å². The van der Waals surface area contributed by atoms with Gasteiger partial charge >= 0.3 is 11.7 Å². The summed E-state index contributed by atoms with van der Waals surface area (Å²) in [5, 5.41) is 13.1. The van der Waals surface area contributed by atoms with Gasteiger partial charge in [-0.2, -0.15) is 4.39 Å². The van der Waals surface area contributed by atoms with Crippen molar-refractivity contribution in [2.75, 3.05) is 12.4 Å². The molecular formula is C19H19FN2O6. The molecule has 28 heavy (non-hydrogen) atoms. The summed E-state index contributed by atoms with van der Waals surface area (Å²) in [4.78, 5) is 33.9. The van der Waals surface area contributed by atoms with Crippen LogP contribution in [0.2, 0.25) is 0 Å². The van der Waals surface area contributed by atoms with Gasteiger partial charge in [-0.25, -0.2) is 0 Å². The van der Waals surface area contributed by atoms with Crippen LogP contribution < -0.4 is 10.1 Å². The number of nitrogens with zero attached hydrogens (tertiary/aromatic N) is 1. The van der Waals surface area contributed by atoms with Crippen LogP contribution in [-0.2, 0) is 20.7 Å². The lowest BCUT2D eigenvalue weighted by Crippen LogP contribution is -2.30. The summed E-state index contributed by atoms with van der Waals surface area (Å²) in [5.74, 6) is -1.55. The van der Waals surface area contributed by atoms with E-state index in [-0.39, 0.29) is 12.1 Å². The zero-order valence-electron chi connectivity index (χ0n) is 15.3. The van der Waals surface area contributed by atoms with E-state index in [9.17, 15) is 24.1 Å². The molecule has 0 bridgehead atoms. The molecule has 1 amide bonds. The molecule has 148 valence electrons. The quantitative estimate of drug-likeness (QED) is 0.421. The summed E-state index contributed by atoms with van der Waals surface area (Å²) in [6.45, 7) is 1.37. The second kappa shape index (κ2) is 9.45. The van der Waals surface area contributed by atoms with Crippen LogP contribution in [0.15, 0.2) is 42.5 Å². The third-order valence-corrected chi connectivity index (χ3v) is 3.86. The molecule has 0 saturated carbocycles. The number of ether oxygens (including phenoxy) is 2. The van der Waals surface area contributed by atoms with Crippen molar-refractivity contribution in [1.29, 1.82) is 0 Å². The summed E-state index contributed by atoms with van der Waals surface area (Å²) in [7, 11) is 1.56. The van der Waals surface area contributed by atoms with E-state index in [4.69, 9.17) is 9.47 Å². The Balaban J connectivity index is 1.86. The smallest absolute Gasteiger partial charge is 0.306 e. The van der Waals surface area contributed by atoms with Crippen molar-refractivity contribution < 1.29 is 28.4 Å². The molecule has 2 aromatic rings. The lowest BCUT2D eigenvalue weighted by atomic mass is 10.1. The number of esters is 1. The number of carbonyl (C=O) groups is 2. The molecule has 0 aliphatic heterocycles. The third kappa shape index (κ3) is 5.76. The average molecular weight is 390 g/mol. The number of aryl methyl sites for hydroxylation is 1. The monoisotopic (exact) mass is 390 g/mol. The molecule has 0 fully saturated rings. The number of benzene rings is 2. The number of hydrogen-bond donors (Lipinski definition) is 1. The normalized spacial score (nSPS) is 11.4. The Morgan fingerprint density at radius 2 is 1.89 bits per heavy atom. The van der Waals surface area contributed by atoms with Gasteiger partial charge in [0.1, 0.15) is 5.75 Å². The molecule has 8 nitrogen and oxygen atoms in total. The summed E-state index contributed by atoms with van der Waals surface area (Å²) in [6.07, 6.45) is -0.611. The first-order valence-corrected chi connectivity index (χ1v) is 8.37. The number of halogens is 1. The zero-order valence-corrected chi connectivity index (χ0v) is 15.3. The van der Waals surface area contributed by atoms with Gasteiger partial charge < -0.3 is 14.8 Å². The highest BCUT2D eigenvalue weighted by Crippen LogP contribution is 2.22. The Morgan fingerprint density at radius 3 is 2.50 bits per heavy atom. The van der Waals surface area contributed by atoms with E-state index in [0.717, 1.165) is 17.7 Å². The highest BCUT2D eigenvalue weighted by molar-refractivity contribution is 5.95. The van der Waals surface area contributed by atoms with Crippen molar-refractivity contribution in [3.05, 3.63) is 64.0 Å². The number of methoxy groups -OCH3 is 1. The maximum atomic E-state index is 13.3. The minimum Gasteiger partial charge on any atom is -0.497 e. The van der Waals surface area contributed by atoms with Crippen molar-refractivity contribution in [1.82, 2.24) is 0 Å². The number of hydrogen-bond acceptors (Lipinski definition) is 6. The van der Waals surface area contributed by atoms with E-state index in [1.807, 2.05) is 12.1 Å². The van der Waals surface area contributed by atoms with E-state index in [0.29, 0.717) is 12.2 Å². The molecule has 0 aliphatic carbocycles. The van der Waals surface area contributed by atoms with Gasteiger partial charge in [-0.05, 0) is 43.2 Å². The van der Waals surface area contributed by atoms with Crippen LogP contribution in [0.1, 0.15) is 18.9 Å². The molecular weight excluding hydrogens is 371 g/mol. The van der Waals surface area contributed by atoms with Crippen LogP contribution in [-0.4, -0.2) is 30.0 Å². The van der Waals surface area contributed by atoms with E-state index in [1.165, 1.54) is 13.0 Å². The van der Waals surface area contributed by atoms with Gasteiger partial charge in [0.25, 0.3) is 5.91 Å². The summed E-state index contributed by atoms with van der Waals surface area (Å²) in [5.41, 5.74) is 0.176. The Labute approximate surface area is 160 Å². The first kappa shape index (κ1) is 20.8. The minimum atomic E-state index is -1.12. The summed E-state index contributed by atoms with van der Waals surface area (Å²) >= 11 is 0. The van der Waals surface area contributed by atoms with Crippen LogP contribution >= 0.6 is 0 Å². The molecule has 2 rings (SSSR count). The predicted octanol–water partition coefficient (Wildman–Crippen LogP) is 3.25. The highest BCUT2D eigenvalue weighted by atomic mass is 19.1. The molecule has 9 heteroatoms. The Kier molecular flexibility index (Phi) is 7.02. The lowest BCUT2D eigenvalue weighted by molar-refractivity contribution is -0.387. The number of nitrogens with one attached hydrogen (secondary N) is 1. The number of nitro benzene ring substituents is 1. The van der Waals surface area contributed by atoms with Crippen molar-refractivity contribution >= 4 is 23.3 Å². The second-order valence-corrected chi connectivity index (χ2v) is 5.89. The molecule has 0 heterocycles. The Morgan fingerprint density at radius 1 is 1.21 bits per heavy atom. The Hall–Kier alpha value is -3.49. The zero-order chi connectivity index (χ0) is 20.7. The standard InChI is InChI=1S/C19H19FN2O6/c1-12(19(24)21-14-6-9-16(20)17(11-14)22(25)26)28-18(23)10-5-13-3-7-15(27-2)8-4-13/h3-4,6-9,11-12H,5,10H2,1-2H3,(H,21,24)/t12-/m1/s1. The van der Waals surface area contributed by atoms with Crippen LogP contribution in [0.3, 0.4) is 0 Å². The van der Waals surface area contributed by atoms with Crippen LogP contribution in [0, 0.1) is 15.9 Å². The van der Waals surface area contributed by atoms with Crippen molar-refractivity contribution in [3.8, 4) is 5.75 Å². The van der Waals surface area contributed by atoms with E-state index >= 15 is 0 Å². The SMILES string of the molecule is COc1ccc(CCC(=O)O[C@H](C)C(=O)Nc2ccc(F)c([N+](=O)[O-])c2)cc1. The topological polar surface area (TPSA) is 108 Å². The number of nitro groups is 1. The van der Waals surface area contributed by atoms with Crippen molar-refractivity contribution in [3.63, 3.8) is 0 Å². The average Bonchev–Trinajstić information content (AvgIpc) is 2.67. The number of amides is 1. The molecule has 0 aliphatic rings. The second-order valence-electron chi connectivity index (χ2n) is 5.89. The van der Waals surface area contributed by atoms with Gasteiger partial charge in [-0.1, -0.05) is 12.1 Å². The minimum absolute atomic E-state index is 0.0271. The molecule has 0 spiro atoms. The number of carbonyl (C=O) groups excluding carboxylic acids is 2. The summed E-state index contributed by atoms with van der Waals surface area (Å²) in [6, 6.07) is 10.1. The largest absolute Gasteiger partial charge is 0.497 e. The molecule has 0 aromatic heterocycles. The fourth-order valence-electron chi connectivity index (χ4n) is 2.32. The fraction of sp³-hybridized carbons (Fsp3) is 0.263. The van der Waals surface area contributed by atoms with Gasteiger partial charge in [0.05, 0.1) is 12.0 Å². The van der Waals surface area contributed by atoms with Crippen molar-refractivity contribution in [2.45, 2.75) is 25.9 Å². The first-order chi connectivity index (χ1) is 13.3. The molecule has 0 radical (unpaired) electrons. The van der Waals surface area contributed by atoms with E-state index in [2.05, 4.69) is 5.32 Å². The Bertz CT molecular complexity index is 869. The number of anilines is 1. The third-order valence-electron chi connectivity index (χ3n) is 3.86. The van der Waals surface area contributed by atoms with E-state index in [1.54, 1.807) is 19.2 Å². The highest BCUT2D eigenvalue weighted by Gasteiger charge is 2.20. The predicted molar refractivity (Wildman–Crippen MR) is 98.6 cm³/mol. The lowest BCUT2D eigenvalue weighted by Gasteiger charge is -2.13.